The fraction of sp³-hybridized carbons (Fsp3) is 0. The van der Waals surface area contributed by atoms with E-state index in [9.17, 15) is 8.42 Å². The highest BCUT2D eigenvalue weighted by Crippen LogP contribution is 2.13. The molecule has 0 aliphatic rings. The van der Waals surface area contributed by atoms with E-state index in [1.807, 2.05) is 0 Å². The van der Waals surface area contributed by atoms with Crippen LogP contribution in [0, 0.1) is 0 Å². The second-order valence-electron chi connectivity index (χ2n) is 3.23. The van der Waals surface area contributed by atoms with Gasteiger partial charge < -0.3 is 0 Å². The molecule has 0 aliphatic carbocycles. The molecule has 18 heavy (non-hydrogen) atoms. The zero-order valence-corrected chi connectivity index (χ0v) is 9.92. The van der Waals surface area contributed by atoms with Crippen LogP contribution in [-0.2, 0) is 10.0 Å². The highest BCUT2D eigenvalue weighted by molar-refractivity contribution is 7.92. The third-order valence-corrected chi connectivity index (χ3v) is 3.32. The largest absolute Gasteiger partial charge is 0.292 e. The Balaban J connectivity index is 2.25. The lowest BCUT2D eigenvalue weighted by atomic mass is 10.4. The average molecular weight is 266 g/mol. The Morgan fingerprint density at radius 2 is 1.89 bits per heavy atom. The van der Waals surface area contributed by atoms with Gasteiger partial charge in [-0.3, -0.25) is 15.1 Å². The van der Waals surface area contributed by atoms with E-state index in [1.165, 1.54) is 6.20 Å². The lowest BCUT2D eigenvalue weighted by Crippen LogP contribution is -2.15. The molecular formula is C9H10N6O2S. The molecule has 0 fully saturated rings. The summed E-state index contributed by atoms with van der Waals surface area (Å²) in [6, 6.07) is 3.21. The predicted octanol–water partition coefficient (Wildman–Crippen LogP) is -0.0420. The molecule has 94 valence electrons. The van der Waals surface area contributed by atoms with Crippen LogP contribution in [0.4, 0.5) is 11.6 Å². The van der Waals surface area contributed by atoms with Gasteiger partial charge in [-0.1, -0.05) is 0 Å². The van der Waals surface area contributed by atoms with Crippen LogP contribution >= 0.6 is 0 Å². The summed E-state index contributed by atoms with van der Waals surface area (Å²) in [4.78, 5) is 11.2. The molecule has 8 nitrogen and oxygen atoms in total. The van der Waals surface area contributed by atoms with Crippen LogP contribution in [0.3, 0.4) is 0 Å². The smallest absolute Gasteiger partial charge is 0.265 e. The molecule has 2 heterocycles. The van der Waals surface area contributed by atoms with Gasteiger partial charge in [-0.25, -0.2) is 24.2 Å². The topological polar surface area (TPSA) is 123 Å². The van der Waals surface area contributed by atoms with Gasteiger partial charge in [0.1, 0.15) is 4.90 Å². The zero-order valence-electron chi connectivity index (χ0n) is 9.11. The Morgan fingerprint density at radius 3 is 2.44 bits per heavy atom. The van der Waals surface area contributed by atoms with Crippen LogP contribution in [0.1, 0.15) is 0 Å². The minimum atomic E-state index is -3.72. The van der Waals surface area contributed by atoms with E-state index >= 15 is 0 Å². The number of sulfonamides is 1. The Morgan fingerprint density at radius 1 is 1.17 bits per heavy atom. The molecule has 4 N–H and O–H groups in total. The van der Waals surface area contributed by atoms with Gasteiger partial charge in [0, 0.05) is 6.20 Å². The van der Waals surface area contributed by atoms with E-state index < -0.39 is 10.0 Å². The van der Waals surface area contributed by atoms with Crippen LogP contribution in [0.5, 0.6) is 0 Å². The molecular weight excluding hydrogens is 256 g/mol. The summed E-state index contributed by atoms with van der Waals surface area (Å²) < 4.78 is 26.2. The van der Waals surface area contributed by atoms with Crippen LogP contribution in [0.2, 0.25) is 0 Å². The van der Waals surface area contributed by atoms with Crippen molar-refractivity contribution >= 4 is 21.7 Å². The molecule has 0 aliphatic heterocycles. The van der Waals surface area contributed by atoms with Crippen LogP contribution < -0.4 is 16.0 Å². The Labute approximate surface area is 103 Å². The molecule has 2 rings (SSSR count). The van der Waals surface area contributed by atoms with Gasteiger partial charge in [-0.2, -0.15) is 0 Å². The maximum Gasteiger partial charge on any atom is 0.265 e. The van der Waals surface area contributed by atoms with Gasteiger partial charge >= 0.3 is 0 Å². The molecule has 0 radical (unpaired) electrons. The molecule has 0 amide bonds. The van der Waals surface area contributed by atoms with E-state index in [1.54, 1.807) is 18.3 Å². The number of nitrogens with one attached hydrogen (secondary N) is 2. The number of nitrogens with zero attached hydrogens (tertiary/aromatic N) is 3. The first-order valence-corrected chi connectivity index (χ1v) is 6.31. The van der Waals surface area contributed by atoms with E-state index in [2.05, 4.69) is 25.1 Å². The summed E-state index contributed by atoms with van der Waals surface area (Å²) in [6.45, 7) is 0. The van der Waals surface area contributed by atoms with Crippen LogP contribution in [-0.4, -0.2) is 23.4 Å². The third-order valence-electron chi connectivity index (χ3n) is 1.98. The van der Waals surface area contributed by atoms with E-state index in [0.29, 0.717) is 5.69 Å². The number of hydrazine groups is 1. The minimum Gasteiger partial charge on any atom is -0.292 e. The summed E-state index contributed by atoms with van der Waals surface area (Å²) >= 11 is 0. The van der Waals surface area contributed by atoms with Crippen molar-refractivity contribution in [2.45, 2.75) is 4.90 Å². The maximum atomic E-state index is 11.9. The van der Waals surface area contributed by atoms with Crippen LogP contribution in [0.15, 0.2) is 41.8 Å². The van der Waals surface area contributed by atoms with Crippen molar-refractivity contribution in [3.8, 4) is 0 Å². The molecule has 0 saturated heterocycles. The summed E-state index contributed by atoms with van der Waals surface area (Å²) in [5.74, 6) is 5.22. The monoisotopic (exact) mass is 266 g/mol. The van der Waals surface area contributed by atoms with Gasteiger partial charge in [-0.15, -0.1) is 0 Å². The van der Waals surface area contributed by atoms with Crippen molar-refractivity contribution in [3.05, 3.63) is 36.9 Å². The first-order chi connectivity index (χ1) is 8.62. The minimum absolute atomic E-state index is 0.0645. The molecule has 0 saturated carbocycles. The fourth-order valence-electron chi connectivity index (χ4n) is 1.17. The summed E-state index contributed by atoms with van der Waals surface area (Å²) in [5.41, 5.74) is 2.57. The lowest BCUT2D eigenvalue weighted by Gasteiger charge is -2.07. The van der Waals surface area contributed by atoms with Gasteiger partial charge in [0.05, 0.1) is 24.3 Å². The van der Waals surface area contributed by atoms with Crippen molar-refractivity contribution in [3.63, 3.8) is 0 Å². The van der Waals surface area contributed by atoms with Crippen molar-refractivity contribution in [1.82, 2.24) is 15.0 Å². The number of nitrogen functional groups attached to an aromatic ring is 1. The van der Waals surface area contributed by atoms with Gasteiger partial charge in [-0.05, 0) is 12.1 Å². The SMILES string of the molecule is NNc1ncc(S(=O)(=O)Nc2cccnc2)cn1. The molecule has 9 heteroatoms. The lowest BCUT2D eigenvalue weighted by molar-refractivity contribution is 0.600. The van der Waals surface area contributed by atoms with Gasteiger partial charge in [0.15, 0.2) is 0 Å². The number of pyridine rings is 1. The third kappa shape index (κ3) is 2.70. The first-order valence-electron chi connectivity index (χ1n) is 4.83. The molecule has 0 atom stereocenters. The van der Waals surface area contributed by atoms with Crippen molar-refractivity contribution in [2.24, 2.45) is 5.84 Å². The number of anilines is 2. The molecule has 2 aromatic heterocycles. The molecule has 0 spiro atoms. The van der Waals surface area contributed by atoms with Crippen molar-refractivity contribution in [2.75, 3.05) is 10.1 Å². The molecule has 2 aromatic rings. The molecule has 0 bridgehead atoms. The highest BCUT2D eigenvalue weighted by Gasteiger charge is 2.15. The quantitative estimate of drug-likeness (QED) is 0.524. The summed E-state index contributed by atoms with van der Waals surface area (Å²) in [5, 5.41) is 0. The fourth-order valence-corrected chi connectivity index (χ4v) is 2.10. The van der Waals surface area contributed by atoms with E-state index in [-0.39, 0.29) is 10.8 Å². The second-order valence-corrected chi connectivity index (χ2v) is 4.92. The van der Waals surface area contributed by atoms with Crippen molar-refractivity contribution < 1.29 is 8.42 Å². The number of aromatic nitrogens is 3. The highest BCUT2D eigenvalue weighted by atomic mass is 32.2. The van der Waals surface area contributed by atoms with E-state index in [4.69, 9.17) is 5.84 Å². The summed E-state index contributed by atoms with van der Waals surface area (Å²) in [7, 11) is -3.72. The first kappa shape index (κ1) is 12.2. The van der Waals surface area contributed by atoms with Gasteiger partial charge in [0.25, 0.3) is 10.0 Å². The second kappa shape index (κ2) is 4.94. The summed E-state index contributed by atoms with van der Waals surface area (Å²) in [6.07, 6.45) is 5.25. The Kier molecular flexibility index (Phi) is 3.35. The number of hydrogen-bond acceptors (Lipinski definition) is 7. The standard InChI is InChI=1S/C9H10N6O2S/c10-14-9-12-5-8(6-13-9)18(16,17)15-7-2-1-3-11-4-7/h1-6,15H,10H2,(H,12,13,14). The normalized spacial score (nSPS) is 10.9. The maximum absolute atomic E-state index is 11.9. The molecule has 0 unspecified atom stereocenters. The number of nitrogens with two attached hydrogens (primary N) is 1. The average Bonchev–Trinajstić information content (AvgIpc) is 2.39. The van der Waals surface area contributed by atoms with E-state index in [0.717, 1.165) is 12.4 Å². The van der Waals surface area contributed by atoms with Gasteiger partial charge in [0.2, 0.25) is 5.95 Å². The van der Waals surface area contributed by atoms with Crippen LogP contribution in [0.25, 0.3) is 0 Å². The Bertz CT molecular complexity index is 613. The number of hydrogen-bond donors (Lipinski definition) is 3. The van der Waals surface area contributed by atoms with Crippen molar-refractivity contribution in [1.29, 1.82) is 0 Å². The number of rotatable bonds is 4. The zero-order chi connectivity index (χ0) is 13.0. The predicted molar refractivity (Wildman–Crippen MR) is 64.9 cm³/mol. The molecule has 0 aromatic carbocycles. The Hall–Kier alpha value is -2.26.